The van der Waals surface area contributed by atoms with Crippen LogP contribution >= 0.6 is 0 Å². The lowest BCUT2D eigenvalue weighted by Crippen LogP contribution is -1.88. The van der Waals surface area contributed by atoms with Gasteiger partial charge in [-0.15, -0.1) is 0 Å². The van der Waals surface area contributed by atoms with Crippen LogP contribution in [0.3, 0.4) is 0 Å². The molecule has 1 aromatic rings. The molecule has 1 aromatic carbocycles. The van der Waals surface area contributed by atoms with Gasteiger partial charge in [0.2, 0.25) is 0 Å². The van der Waals surface area contributed by atoms with E-state index in [-0.39, 0.29) is 13.2 Å². The molecule has 0 aliphatic heterocycles. The van der Waals surface area contributed by atoms with Crippen LogP contribution in [0.15, 0.2) is 36.4 Å². The van der Waals surface area contributed by atoms with E-state index in [9.17, 15) is 8.42 Å². The molecule has 88 valence electrons. The first-order valence-electron chi connectivity index (χ1n) is 4.06. The minimum absolute atomic E-state index is 0.125. The Morgan fingerprint density at radius 2 is 1.00 bits per heavy atom. The molecule has 0 unspecified atom stereocenters. The highest BCUT2D eigenvalue weighted by Gasteiger charge is 1.81. The number of aliphatic hydroxyl groups is 2. The monoisotopic (exact) mass is 236 g/mol. The molecule has 0 amide bonds. The van der Waals surface area contributed by atoms with Crippen LogP contribution in [0.25, 0.3) is 0 Å². The van der Waals surface area contributed by atoms with Crippen LogP contribution in [0.5, 0.6) is 0 Å². The zero-order valence-corrected chi connectivity index (χ0v) is 9.26. The topological polar surface area (TPSA) is 94.8 Å². The summed E-state index contributed by atoms with van der Waals surface area (Å²) in [6.45, 7) is -0.250. The molecule has 0 saturated heterocycles. The fourth-order valence-electron chi connectivity index (χ4n) is 0.385. The predicted octanol–water partition coefficient (Wildman–Crippen LogP) is 0.162. The quantitative estimate of drug-likeness (QED) is 0.604. The van der Waals surface area contributed by atoms with E-state index in [0.29, 0.717) is 6.26 Å². The molecule has 0 bridgehead atoms. The molecule has 5 nitrogen and oxygen atoms in total. The van der Waals surface area contributed by atoms with E-state index < -0.39 is 10.1 Å². The Labute approximate surface area is 89.8 Å². The van der Waals surface area contributed by atoms with Gasteiger partial charge in [-0.2, -0.15) is 8.42 Å². The zero-order valence-electron chi connectivity index (χ0n) is 8.44. The van der Waals surface area contributed by atoms with Crippen LogP contribution in [0, 0.1) is 0 Å². The first-order chi connectivity index (χ1) is 6.91. The average molecular weight is 236 g/mol. The van der Waals surface area contributed by atoms with Gasteiger partial charge in [0.25, 0.3) is 10.1 Å². The molecule has 0 fully saturated rings. The molecule has 0 radical (unpaired) electrons. The van der Waals surface area contributed by atoms with E-state index in [0.717, 1.165) is 0 Å². The van der Waals surface area contributed by atoms with Crippen molar-refractivity contribution in [2.24, 2.45) is 0 Å². The summed E-state index contributed by atoms with van der Waals surface area (Å²) in [4.78, 5) is 0. The summed E-state index contributed by atoms with van der Waals surface area (Å²) < 4.78 is 25.9. The summed E-state index contributed by atoms with van der Waals surface area (Å²) in [5, 5.41) is 15.2. The van der Waals surface area contributed by atoms with E-state index in [1.165, 1.54) is 0 Å². The molecule has 0 saturated carbocycles. The summed E-state index contributed by atoms with van der Waals surface area (Å²) in [5.74, 6) is 0. The van der Waals surface area contributed by atoms with Gasteiger partial charge >= 0.3 is 0 Å². The first-order valence-corrected chi connectivity index (χ1v) is 5.90. The Balaban J connectivity index is 0. The highest BCUT2D eigenvalue weighted by Crippen LogP contribution is 1.79. The van der Waals surface area contributed by atoms with Gasteiger partial charge in [0.05, 0.1) is 19.5 Å². The maximum atomic E-state index is 9.19. The summed E-state index contributed by atoms with van der Waals surface area (Å²) in [6.07, 6.45) is 0.715. The van der Waals surface area contributed by atoms with Crippen LogP contribution in [-0.4, -0.2) is 42.7 Å². The largest absolute Gasteiger partial charge is 0.394 e. The number of aliphatic hydroxyl groups excluding tert-OH is 2. The van der Waals surface area contributed by atoms with Crippen molar-refractivity contribution in [3.05, 3.63) is 36.4 Å². The molecule has 0 atom stereocenters. The van der Waals surface area contributed by atoms with E-state index in [4.69, 9.17) is 14.8 Å². The molecule has 3 N–H and O–H groups in total. The second-order valence-electron chi connectivity index (χ2n) is 2.33. The lowest BCUT2D eigenvalue weighted by Gasteiger charge is -1.70. The molecular weight excluding hydrogens is 220 g/mol. The Hall–Kier alpha value is -0.950. The summed E-state index contributed by atoms with van der Waals surface area (Å²) in [6, 6.07) is 12.0. The van der Waals surface area contributed by atoms with Crippen molar-refractivity contribution >= 4 is 10.1 Å². The summed E-state index contributed by atoms with van der Waals surface area (Å²) >= 11 is 0. The van der Waals surface area contributed by atoms with Crippen LogP contribution in [-0.2, 0) is 10.1 Å². The number of rotatable bonds is 1. The number of hydrogen-bond donors (Lipinski definition) is 3. The van der Waals surface area contributed by atoms with Crippen molar-refractivity contribution in [1.82, 2.24) is 0 Å². The van der Waals surface area contributed by atoms with Crippen LogP contribution in [0.2, 0.25) is 0 Å². The molecule has 1 rings (SSSR count). The average Bonchev–Trinajstić information content (AvgIpc) is 2.18. The third-order valence-electron chi connectivity index (χ3n) is 0.767. The molecule has 0 spiro atoms. The van der Waals surface area contributed by atoms with Crippen molar-refractivity contribution in [3.8, 4) is 0 Å². The van der Waals surface area contributed by atoms with Crippen LogP contribution in [0.4, 0.5) is 0 Å². The lowest BCUT2D eigenvalue weighted by atomic mass is 10.4. The Morgan fingerprint density at radius 3 is 1.07 bits per heavy atom. The van der Waals surface area contributed by atoms with Gasteiger partial charge in [-0.25, -0.2) is 0 Å². The third kappa shape index (κ3) is 43.5. The second-order valence-corrected chi connectivity index (χ2v) is 3.80. The molecule has 6 heteroatoms. The minimum Gasteiger partial charge on any atom is -0.394 e. The molecule has 15 heavy (non-hydrogen) atoms. The van der Waals surface area contributed by atoms with E-state index in [1.807, 2.05) is 36.4 Å². The van der Waals surface area contributed by atoms with Gasteiger partial charge in [-0.3, -0.25) is 4.55 Å². The minimum atomic E-state index is -3.67. The number of benzene rings is 1. The molecule has 0 heterocycles. The van der Waals surface area contributed by atoms with Gasteiger partial charge in [0, 0.05) is 0 Å². The predicted molar refractivity (Wildman–Crippen MR) is 58.1 cm³/mol. The van der Waals surface area contributed by atoms with Crippen molar-refractivity contribution in [3.63, 3.8) is 0 Å². The zero-order chi connectivity index (χ0) is 12.2. The van der Waals surface area contributed by atoms with Crippen molar-refractivity contribution < 1.29 is 23.2 Å². The van der Waals surface area contributed by atoms with Crippen molar-refractivity contribution in [1.29, 1.82) is 0 Å². The second kappa shape index (κ2) is 11.1. The summed E-state index contributed by atoms with van der Waals surface area (Å²) in [7, 11) is -3.67. The molecular formula is C9H16O5S. The van der Waals surface area contributed by atoms with E-state index in [2.05, 4.69) is 0 Å². The van der Waals surface area contributed by atoms with Gasteiger partial charge in [-0.1, -0.05) is 36.4 Å². The third-order valence-corrected chi connectivity index (χ3v) is 0.767. The van der Waals surface area contributed by atoms with Crippen molar-refractivity contribution in [2.75, 3.05) is 19.5 Å². The fourth-order valence-corrected chi connectivity index (χ4v) is 0.385. The van der Waals surface area contributed by atoms with Gasteiger partial charge in [-0.05, 0) is 0 Å². The van der Waals surface area contributed by atoms with Crippen LogP contribution in [0.1, 0.15) is 0 Å². The van der Waals surface area contributed by atoms with Gasteiger partial charge in [0.1, 0.15) is 0 Å². The van der Waals surface area contributed by atoms with Crippen LogP contribution < -0.4 is 0 Å². The Morgan fingerprint density at radius 1 is 0.867 bits per heavy atom. The Kier molecular flexibility index (Phi) is 12.2. The Bertz CT molecular complexity index is 259. The van der Waals surface area contributed by atoms with Gasteiger partial charge in [0.15, 0.2) is 0 Å². The fraction of sp³-hybridized carbons (Fsp3) is 0.333. The summed E-state index contributed by atoms with van der Waals surface area (Å²) in [5.41, 5.74) is 0. The van der Waals surface area contributed by atoms with E-state index in [1.54, 1.807) is 0 Å². The molecule has 0 aromatic heterocycles. The molecule has 0 aliphatic rings. The van der Waals surface area contributed by atoms with E-state index >= 15 is 0 Å². The highest BCUT2D eigenvalue weighted by molar-refractivity contribution is 7.85. The highest BCUT2D eigenvalue weighted by atomic mass is 32.2. The standard InChI is InChI=1S/C6H6.C2H6O2.CH4O3S/c1-2-4-6-5-3-1;3-1-2-4;1-5(2,3)4/h1-6H;3-4H,1-2H2;1H3,(H,2,3,4). The lowest BCUT2D eigenvalue weighted by molar-refractivity contribution is 0.186. The van der Waals surface area contributed by atoms with Crippen molar-refractivity contribution in [2.45, 2.75) is 0 Å². The SMILES string of the molecule is CS(=O)(=O)O.OCCO.c1ccccc1. The maximum Gasteiger partial charge on any atom is 0.261 e. The molecule has 0 aliphatic carbocycles. The first kappa shape index (κ1) is 16.5. The van der Waals surface area contributed by atoms with Gasteiger partial charge < -0.3 is 10.2 Å². The number of hydrogen-bond acceptors (Lipinski definition) is 4. The maximum absolute atomic E-state index is 9.19. The normalized spacial score (nSPS) is 9.07. The smallest absolute Gasteiger partial charge is 0.261 e.